The molecule has 3 rings (SSSR count). The number of nitrogens with zero attached hydrogens (tertiary/aromatic N) is 1. The molecule has 1 spiro atoms. The maximum Gasteiger partial charge on any atom is 0.326 e. The second-order valence-electron chi connectivity index (χ2n) is 7.80. The number of hydrogen-bond acceptors (Lipinski definition) is 5. The molecule has 0 aromatic rings. The molecule has 2 aliphatic carbocycles. The van der Waals surface area contributed by atoms with Crippen molar-refractivity contribution in [1.82, 2.24) is 15.5 Å². The van der Waals surface area contributed by atoms with Crippen molar-refractivity contribution in [2.45, 2.75) is 69.9 Å². The predicted octanol–water partition coefficient (Wildman–Crippen LogP) is 1.09. The van der Waals surface area contributed by atoms with Gasteiger partial charge in [0.1, 0.15) is 12.1 Å². The molecule has 0 aromatic carbocycles. The highest BCUT2D eigenvalue weighted by atomic mass is 16.5. The average Bonchev–Trinajstić information content (AvgIpc) is 3.16. The van der Waals surface area contributed by atoms with Crippen LogP contribution >= 0.6 is 0 Å². The molecule has 3 aliphatic rings. The molecule has 4 amide bonds. The zero-order valence-corrected chi connectivity index (χ0v) is 15.2. The largest absolute Gasteiger partial charge is 0.454 e. The monoisotopic (exact) mass is 365 g/mol. The van der Waals surface area contributed by atoms with Crippen molar-refractivity contribution >= 4 is 23.8 Å². The molecule has 0 bridgehead atoms. The lowest BCUT2D eigenvalue weighted by molar-refractivity contribution is -0.151. The number of nitrogens with one attached hydrogen (secondary N) is 2. The molecule has 2 saturated carbocycles. The van der Waals surface area contributed by atoms with Gasteiger partial charge in [0.15, 0.2) is 6.61 Å². The van der Waals surface area contributed by atoms with E-state index in [4.69, 9.17) is 4.74 Å². The molecule has 0 aromatic heterocycles. The number of rotatable bonds is 5. The van der Waals surface area contributed by atoms with E-state index in [0.717, 1.165) is 43.4 Å². The standard InChI is InChI=1S/C18H27N3O5/c1-12-4-6-13(7-5-12)19-14(22)11-26-15(23)10-21-16(24)18(20-17(21)25)8-2-3-9-18/h12-13H,2-11H2,1H3,(H,19,22)(H,20,25). The van der Waals surface area contributed by atoms with Crippen LogP contribution < -0.4 is 10.6 Å². The third kappa shape index (κ3) is 3.99. The van der Waals surface area contributed by atoms with Crippen LogP contribution in [0.2, 0.25) is 0 Å². The van der Waals surface area contributed by atoms with Gasteiger partial charge in [0.25, 0.3) is 11.8 Å². The Hall–Kier alpha value is -2.12. The van der Waals surface area contributed by atoms with E-state index in [1.54, 1.807) is 0 Å². The molecule has 0 atom stereocenters. The second kappa shape index (κ2) is 7.63. The third-order valence-corrected chi connectivity index (χ3v) is 5.74. The van der Waals surface area contributed by atoms with Gasteiger partial charge in [-0.3, -0.25) is 19.3 Å². The van der Waals surface area contributed by atoms with Crippen LogP contribution in [0.15, 0.2) is 0 Å². The minimum Gasteiger partial charge on any atom is -0.454 e. The van der Waals surface area contributed by atoms with Crippen LogP contribution in [-0.4, -0.2) is 53.4 Å². The van der Waals surface area contributed by atoms with E-state index in [1.807, 2.05) is 0 Å². The molecular weight excluding hydrogens is 338 g/mol. The summed E-state index contributed by atoms with van der Waals surface area (Å²) in [5.41, 5.74) is -0.840. The van der Waals surface area contributed by atoms with Crippen molar-refractivity contribution in [2.75, 3.05) is 13.2 Å². The van der Waals surface area contributed by atoms with Gasteiger partial charge < -0.3 is 15.4 Å². The first-order valence-corrected chi connectivity index (χ1v) is 9.49. The van der Waals surface area contributed by atoms with Gasteiger partial charge in [0.05, 0.1) is 0 Å². The highest BCUT2D eigenvalue weighted by Gasteiger charge is 2.52. The number of hydrogen-bond donors (Lipinski definition) is 2. The van der Waals surface area contributed by atoms with E-state index in [9.17, 15) is 19.2 Å². The van der Waals surface area contributed by atoms with Crippen LogP contribution in [0.5, 0.6) is 0 Å². The van der Waals surface area contributed by atoms with E-state index < -0.39 is 24.1 Å². The zero-order chi connectivity index (χ0) is 18.7. The molecule has 0 radical (unpaired) electrons. The first kappa shape index (κ1) is 18.7. The van der Waals surface area contributed by atoms with Gasteiger partial charge in [0.2, 0.25) is 0 Å². The number of urea groups is 1. The number of ether oxygens (including phenoxy) is 1. The third-order valence-electron chi connectivity index (χ3n) is 5.74. The molecule has 8 nitrogen and oxygen atoms in total. The Balaban J connectivity index is 1.42. The van der Waals surface area contributed by atoms with E-state index in [-0.39, 0.29) is 24.5 Å². The number of esters is 1. The molecule has 2 N–H and O–H groups in total. The van der Waals surface area contributed by atoms with Gasteiger partial charge in [-0.2, -0.15) is 0 Å². The first-order chi connectivity index (χ1) is 12.4. The summed E-state index contributed by atoms with van der Waals surface area (Å²) in [4.78, 5) is 49.2. The molecule has 1 heterocycles. The minimum atomic E-state index is -0.840. The maximum atomic E-state index is 12.5. The van der Waals surface area contributed by atoms with Gasteiger partial charge >= 0.3 is 12.0 Å². The Morgan fingerprint density at radius 1 is 1.19 bits per heavy atom. The fraction of sp³-hybridized carbons (Fsp3) is 0.778. The fourth-order valence-corrected chi connectivity index (χ4v) is 4.13. The lowest BCUT2D eigenvalue weighted by Gasteiger charge is -2.26. The van der Waals surface area contributed by atoms with Gasteiger partial charge in [-0.25, -0.2) is 4.79 Å². The minimum absolute atomic E-state index is 0.130. The van der Waals surface area contributed by atoms with Crippen molar-refractivity contribution in [3.8, 4) is 0 Å². The molecule has 8 heteroatoms. The molecule has 1 aliphatic heterocycles. The Labute approximate surface area is 153 Å². The lowest BCUT2D eigenvalue weighted by Crippen LogP contribution is -2.44. The van der Waals surface area contributed by atoms with Crippen LogP contribution in [0.25, 0.3) is 0 Å². The number of amides is 4. The first-order valence-electron chi connectivity index (χ1n) is 9.49. The van der Waals surface area contributed by atoms with Gasteiger partial charge in [-0.05, 0) is 44.4 Å². The summed E-state index contributed by atoms with van der Waals surface area (Å²) in [5.74, 6) is -0.774. The normalized spacial score (nSPS) is 27.5. The van der Waals surface area contributed by atoms with E-state index in [0.29, 0.717) is 18.8 Å². The topological polar surface area (TPSA) is 105 Å². The van der Waals surface area contributed by atoms with Crippen molar-refractivity contribution in [3.63, 3.8) is 0 Å². The molecule has 144 valence electrons. The summed E-state index contributed by atoms with van der Waals surface area (Å²) in [7, 11) is 0. The van der Waals surface area contributed by atoms with Gasteiger partial charge in [0, 0.05) is 6.04 Å². The predicted molar refractivity (Wildman–Crippen MR) is 92.0 cm³/mol. The van der Waals surface area contributed by atoms with Crippen LogP contribution in [0.4, 0.5) is 4.79 Å². The van der Waals surface area contributed by atoms with Crippen LogP contribution in [-0.2, 0) is 19.1 Å². The molecule has 1 saturated heterocycles. The number of carbonyl (C=O) groups is 4. The number of carbonyl (C=O) groups excluding carboxylic acids is 4. The highest BCUT2D eigenvalue weighted by Crippen LogP contribution is 2.34. The quantitative estimate of drug-likeness (QED) is 0.560. The summed E-state index contributed by atoms with van der Waals surface area (Å²) in [6.45, 7) is 1.35. The zero-order valence-electron chi connectivity index (χ0n) is 15.2. The van der Waals surface area contributed by atoms with E-state index >= 15 is 0 Å². The second-order valence-corrected chi connectivity index (χ2v) is 7.80. The summed E-state index contributed by atoms with van der Waals surface area (Å²) >= 11 is 0. The fourth-order valence-electron chi connectivity index (χ4n) is 4.13. The van der Waals surface area contributed by atoms with Crippen molar-refractivity contribution in [1.29, 1.82) is 0 Å². The lowest BCUT2D eigenvalue weighted by atomic mass is 9.87. The summed E-state index contributed by atoms with van der Waals surface area (Å²) in [6.07, 6.45) is 7.00. The Morgan fingerprint density at radius 3 is 2.50 bits per heavy atom. The Bertz CT molecular complexity index is 592. The van der Waals surface area contributed by atoms with Gasteiger partial charge in [-0.1, -0.05) is 19.8 Å². The van der Waals surface area contributed by atoms with E-state index in [2.05, 4.69) is 17.6 Å². The van der Waals surface area contributed by atoms with Crippen LogP contribution in [0, 0.1) is 5.92 Å². The summed E-state index contributed by atoms with van der Waals surface area (Å²) in [5, 5.41) is 5.58. The van der Waals surface area contributed by atoms with Gasteiger partial charge in [-0.15, -0.1) is 0 Å². The highest BCUT2D eigenvalue weighted by molar-refractivity contribution is 6.08. The number of imide groups is 1. The molecular formula is C18H27N3O5. The van der Waals surface area contributed by atoms with Crippen molar-refractivity contribution < 1.29 is 23.9 Å². The average molecular weight is 365 g/mol. The van der Waals surface area contributed by atoms with Crippen molar-refractivity contribution in [2.24, 2.45) is 5.92 Å². The molecule has 3 fully saturated rings. The van der Waals surface area contributed by atoms with E-state index in [1.165, 1.54) is 0 Å². The smallest absolute Gasteiger partial charge is 0.326 e. The Kier molecular flexibility index (Phi) is 5.48. The SMILES string of the molecule is CC1CCC(NC(=O)COC(=O)CN2C(=O)NC3(CCCC3)C2=O)CC1. The van der Waals surface area contributed by atoms with Crippen LogP contribution in [0.1, 0.15) is 58.3 Å². The summed E-state index contributed by atoms with van der Waals surface area (Å²) < 4.78 is 4.95. The molecule has 26 heavy (non-hydrogen) atoms. The van der Waals surface area contributed by atoms with Crippen molar-refractivity contribution in [3.05, 3.63) is 0 Å². The Morgan fingerprint density at radius 2 is 1.85 bits per heavy atom. The maximum absolute atomic E-state index is 12.5. The van der Waals surface area contributed by atoms with Crippen LogP contribution in [0.3, 0.4) is 0 Å². The molecule has 0 unspecified atom stereocenters. The summed E-state index contributed by atoms with van der Waals surface area (Å²) in [6, 6.07) is -0.430.